The van der Waals surface area contributed by atoms with Crippen LogP contribution in [0.15, 0.2) is 64.6 Å². The monoisotopic (exact) mass is 416 g/mol. The van der Waals surface area contributed by atoms with Gasteiger partial charge in [-0.05, 0) is 24.6 Å². The van der Waals surface area contributed by atoms with Crippen molar-refractivity contribution in [1.29, 1.82) is 0 Å². The molecule has 0 atom stereocenters. The molecule has 1 heterocycles. The van der Waals surface area contributed by atoms with Gasteiger partial charge in [0.05, 0.1) is 29.8 Å². The lowest BCUT2D eigenvalue weighted by Gasteiger charge is -2.03. The Hall–Kier alpha value is -2.64. The molecule has 0 spiro atoms. The Balaban J connectivity index is 1.58. The largest absolute Gasteiger partial charge is 0.272 e. The van der Waals surface area contributed by atoms with Crippen LogP contribution in [0.3, 0.4) is 0 Å². The molecule has 8 heteroatoms. The predicted molar refractivity (Wildman–Crippen MR) is 110 cm³/mol. The molecular formula is C20H18ClFN4OS. The van der Waals surface area contributed by atoms with E-state index < -0.39 is 0 Å². The van der Waals surface area contributed by atoms with E-state index in [9.17, 15) is 9.18 Å². The number of hydrogen-bond acceptors (Lipinski definition) is 4. The summed E-state index contributed by atoms with van der Waals surface area (Å²) in [5.41, 5.74) is 4.85. The summed E-state index contributed by atoms with van der Waals surface area (Å²) in [6.07, 6.45) is 1.47. The lowest BCUT2D eigenvalue weighted by atomic mass is 10.2. The minimum atomic E-state index is -0.350. The lowest BCUT2D eigenvalue weighted by Crippen LogP contribution is -2.19. The molecule has 28 heavy (non-hydrogen) atoms. The summed E-state index contributed by atoms with van der Waals surface area (Å²) >= 11 is 7.51. The van der Waals surface area contributed by atoms with E-state index in [-0.39, 0.29) is 17.5 Å². The second-order valence-corrected chi connectivity index (χ2v) is 7.32. The number of nitrogens with zero attached hydrogens (tertiary/aromatic N) is 3. The fourth-order valence-electron chi connectivity index (χ4n) is 2.48. The van der Waals surface area contributed by atoms with Crippen LogP contribution in [-0.4, -0.2) is 27.7 Å². The Kier molecular flexibility index (Phi) is 6.84. The van der Waals surface area contributed by atoms with Crippen LogP contribution in [0.2, 0.25) is 5.15 Å². The van der Waals surface area contributed by atoms with Crippen molar-refractivity contribution < 1.29 is 9.18 Å². The van der Waals surface area contributed by atoms with Crippen LogP contribution in [0.25, 0.3) is 0 Å². The zero-order chi connectivity index (χ0) is 19.9. The first-order valence-corrected chi connectivity index (χ1v) is 9.87. The highest BCUT2D eigenvalue weighted by Gasteiger charge is 2.12. The van der Waals surface area contributed by atoms with E-state index >= 15 is 0 Å². The van der Waals surface area contributed by atoms with Crippen LogP contribution in [-0.2, 0) is 11.3 Å². The molecule has 3 aromatic rings. The molecule has 1 amide bonds. The van der Waals surface area contributed by atoms with E-state index in [4.69, 9.17) is 11.6 Å². The van der Waals surface area contributed by atoms with Gasteiger partial charge >= 0.3 is 0 Å². The van der Waals surface area contributed by atoms with Crippen molar-refractivity contribution in [2.75, 3.05) is 5.75 Å². The number of benzene rings is 2. The van der Waals surface area contributed by atoms with E-state index in [0.29, 0.717) is 27.9 Å². The summed E-state index contributed by atoms with van der Waals surface area (Å²) in [4.78, 5) is 12.3. The molecule has 1 N–H and O–H groups in total. The zero-order valence-electron chi connectivity index (χ0n) is 15.1. The molecule has 144 valence electrons. The second-order valence-electron chi connectivity index (χ2n) is 5.95. The van der Waals surface area contributed by atoms with E-state index in [1.165, 1.54) is 12.3 Å². The van der Waals surface area contributed by atoms with Crippen molar-refractivity contribution >= 4 is 35.5 Å². The number of halogens is 2. The molecule has 0 aliphatic carbocycles. The molecule has 2 aromatic carbocycles. The Morgan fingerprint density at radius 2 is 1.96 bits per heavy atom. The van der Waals surface area contributed by atoms with Gasteiger partial charge in [0.1, 0.15) is 11.0 Å². The highest BCUT2D eigenvalue weighted by molar-refractivity contribution is 8.00. The third-order valence-corrected chi connectivity index (χ3v) is 5.31. The van der Waals surface area contributed by atoms with Gasteiger partial charge in [0.15, 0.2) is 0 Å². The second kappa shape index (κ2) is 9.52. The summed E-state index contributed by atoms with van der Waals surface area (Å²) in [6, 6.07) is 16.2. The maximum absolute atomic E-state index is 13.6. The number of carbonyl (C=O) groups excluding carboxylic acids is 1. The first-order valence-electron chi connectivity index (χ1n) is 8.50. The van der Waals surface area contributed by atoms with Crippen LogP contribution in [0.1, 0.15) is 16.8 Å². The SMILES string of the molecule is Cc1nn(Cc2ccccc2)c(Cl)c1/C=N\NC(=O)CSc1ccccc1F. The summed E-state index contributed by atoms with van der Waals surface area (Å²) in [6.45, 7) is 2.37. The molecule has 0 saturated carbocycles. The molecule has 5 nitrogen and oxygen atoms in total. The van der Waals surface area contributed by atoms with Crippen molar-refractivity contribution in [2.45, 2.75) is 18.4 Å². The topological polar surface area (TPSA) is 59.3 Å². The van der Waals surface area contributed by atoms with Crippen molar-refractivity contribution in [3.05, 3.63) is 82.4 Å². The van der Waals surface area contributed by atoms with E-state index in [1.54, 1.807) is 22.9 Å². The quantitative estimate of drug-likeness (QED) is 0.355. The number of aryl methyl sites for hydroxylation is 1. The van der Waals surface area contributed by atoms with E-state index in [0.717, 1.165) is 17.3 Å². The number of hydrogen-bond donors (Lipinski definition) is 1. The van der Waals surface area contributed by atoms with Gasteiger partial charge < -0.3 is 0 Å². The normalized spacial score (nSPS) is 11.1. The fraction of sp³-hybridized carbons (Fsp3) is 0.150. The standard InChI is InChI=1S/C20H18ClFN4OS/c1-14-16(20(21)26(25-14)12-15-7-3-2-4-8-15)11-23-24-19(27)13-28-18-10-6-5-9-17(18)22/h2-11H,12-13H2,1H3,(H,24,27)/b23-11-. The van der Waals surface area contributed by atoms with Gasteiger partial charge in [0.25, 0.3) is 0 Å². The van der Waals surface area contributed by atoms with Crippen LogP contribution in [0, 0.1) is 12.7 Å². The summed E-state index contributed by atoms with van der Waals surface area (Å²) in [5.74, 6) is -0.634. The maximum Gasteiger partial charge on any atom is 0.250 e. The molecule has 1 aromatic heterocycles. The molecule has 0 radical (unpaired) electrons. The number of hydrazone groups is 1. The van der Waals surface area contributed by atoms with Crippen molar-refractivity contribution in [3.8, 4) is 0 Å². The summed E-state index contributed by atoms with van der Waals surface area (Å²) < 4.78 is 15.2. The molecule has 0 unspecified atom stereocenters. The maximum atomic E-state index is 13.6. The van der Waals surface area contributed by atoms with Gasteiger partial charge in [0, 0.05) is 4.90 Å². The van der Waals surface area contributed by atoms with Crippen LogP contribution in [0.4, 0.5) is 4.39 Å². The number of carbonyl (C=O) groups is 1. The van der Waals surface area contributed by atoms with Gasteiger partial charge in [-0.1, -0.05) is 54.1 Å². The number of nitrogens with one attached hydrogen (secondary N) is 1. The van der Waals surface area contributed by atoms with Gasteiger partial charge in [0.2, 0.25) is 5.91 Å². The van der Waals surface area contributed by atoms with E-state index in [2.05, 4.69) is 15.6 Å². The molecule has 0 fully saturated rings. The van der Waals surface area contributed by atoms with Crippen LogP contribution in [0.5, 0.6) is 0 Å². The predicted octanol–water partition coefficient (Wildman–Crippen LogP) is 4.27. The fourth-order valence-corrected chi connectivity index (χ4v) is 3.50. The number of thioether (sulfide) groups is 1. The van der Waals surface area contributed by atoms with Gasteiger partial charge in [-0.2, -0.15) is 10.2 Å². The Labute approximate surface area is 171 Å². The molecule has 3 rings (SSSR count). The number of amides is 1. The van der Waals surface area contributed by atoms with Gasteiger partial charge in [-0.25, -0.2) is 14.5 Å². The highest BCUT2D eigenvalue weighted by Crippen LogP contribution is 2.21. The van der Waals surface area contributed by atoms with Crippen molar-refractivity contribution in [2.24, 2.45) is 5.10 Å². The Bertz CT molecular complexity index is 991. The molecule has 0 aliphatic heterocycles. The molecule has 0 aliphatic rings. The average molecular weight is 417 g/mol. The van der Waals surface area contributed by atoms with Crippen LogP contribution >= 0.6 is 23.4 Å². The molecule has 0 saturated heterocycles. The summed E-state index contributed by atoms with van der Waals surface area (Å²) in [7, 11) is 0. The van der Waals surface area contributed by atoms with Gasteiger partial charge in [-0.3, -0.25) is 4.79 Å². The first kappa shape index (κ1) is 20.1. The van der Waals surface area contributed by atoms with Crippen molar-refractivity contribution in [1.82, 2.24) is 15.2 Å². The van der Waals surface area contributed by atoms with Gasteiger partial charge in [-0.15, -0.1) is 11.8 Å². The zero-order valence-corrected chi connectivity index (χ0v) is 16.7. The number of aromatic nitrogens is 2. The van der Waals surface area contributed by atoms with E-state index in [1.807, 2.05) is 37.3 Å². The summed E-state index contributed by atoms with van der Waals surface area (Å²) in [5, 5.41) is 8.82. The first-order chi connectivity index (χ1) is 13.5. The molecule has 0 bridgehead atoms. The average Bonchev–Trinajstić information content (AvgIpc) is 2.95. The van der Waals surface area contributed by atoms with Crippen molar-refractivity contribution in [3.63, 3.8) is 0 Å². The lowest BCUT2D eigenvalue weighted by molar-refractivity contribution is -0.118. The smallest absolute Gasteiger partial charge is 0.250 e. The minimum absolute atomic E-state index is 0.0538. The molecular weight excluding hydrogens is 399 g/mol. The third kappa shape index (κ3) is 5.21. The third-order valence-electron chi connectivity index (χ3n) is 3.86. The number of rotatable bonds is 7. The minimum Gasteiger partial charge on any atom is -0.272 e. The van der Waals surface area contributed by atoms with Crippen LogP contribution < -0.4 is 5.43 Å². The highest BCUT2D eigenvalue weighted by atomic mass is 35.5. The Morgan fingerprint density at radius 1 is 1.25 bits per heavy atom. The Morgan fingerprint density at radius 3 is 2.71 bits per heavy atom.